The number of anilines is 3. The molecule has 0 spiro atoms. The van der Waals surface area contributed by atoms with Gasteiger partial charge in [0.1, 0.15) is 11.6 Å². The fraction of sp³-hybridized carbons (Fsp3) is 0.400. The second-order valence-corrected chi connectivity index (χ2v) is 12.6. The standard InChI is InChI=1S/C30H34N8O4S/c1-30(2,3)24-15-25(38(36-24)21-10-13-41-14-11-21)35-27(40)34-20-16-31-28(32-17-20)42-22-8-6-19(7-9-22)23-18-33-29(43-23)37-12-4-5-26(37)39/h6-9,15-18,21H,4-5,10-14H2,1-3H3,(H2,34,35,40). The topological polar surface area (TPSA) is 136 Å². The van der Waals surface area contributed by atoms with Gasteiger partial charge in [-0.3, -0.25) is 15.0 Å². The van der Waals surface area contributed by atoms with E-state index in [0.29, 0.717) is 36.9 Å². The Kier molecular flexibility index (Phi) is 8.08. The molecule has 1 aromatic carbocycles. The number of aromatic nitrogens is 5. The average Bonchev–Trinajstić information content (AvgIpc) is 3.75. The van der Waals surface area contributed by atoms with Gasteiger partial charge in [0, 0.05) is 43.9 Å². The zero-order valence-electron chi connectivity index (χ0n) is 24.4. The molecule has 0 saturated carbocycles. The highest BCUT2D eigenvalue weighted by molar-refractivity contribution is 7.19. The molecule has 3 aromatic heterocycles. The van der Waals surface area contributed by atoms with Gasteiger partial charge in [-0.1, -0.05) is 32.1 Å². The van der Waals surface area contributed by atoms with Crippen molar-refractivity contribution in [3.05, 3.63) is 54.6 Å². The van der Waals surface area contributed by atoms with Crippen LogP contribution in [0.5, 0.6) is 11.8 Å². The average molecular weight is 603 g/mol. The molecule has 0 unspecified atom stereocenters. The number of urea groups is 1. The molecule has 43 heavy (non-hydrogen) atoms. The fourth-order valence-electron chi connectivity index (χ4n) is 4.94. The first-order chi connectivity index (χ1) is 20.7. The molecule has 2 N–H and O–H groups in total. The molecular weight excluding hydrogens is 568 g/mol. The van der Waals surface area contributed by atoms with E-state index in [4.69, 9.17) is 14.6 Å². The van der Waals surface area contributed by atoms with Gasteiger partial charge in [-0.05, 0) is 49.1 Å². The van der Waals surface area contributed by atoms with E-state index in [1.807, 2.05) is 35.0 Å². The van der Waals surface area contributed by atoms with Crippen LogP contribution in [0, 0.1) is 0 Å². The highest BCUT2D eigenvalue weighted by atomic mass is 32.1. The van der Waals surface area contributed by atoms with Crippen molar-refractivity contribution in [3.8, 4) is 22.2 Å². The molecule has 0 bridgehead atoms. The predicted octanol–water partition coefficient (Wildman–Crippen LogP) is 6.01. The minimum atomic E-state index is -0.415. The molecule has 5 heterocycles. The maximum absolute atomic E-state index is 12.9. The molecule has 2 saturated heterocycles. The van der Waals surface area contributed by atoms with Crippen molar-refractivity contribution >= 4 is 39.9 Å². The van der Waals surface area contributed by atoms with Gasteiger partial charge in [0.2, 0.25) is 5.91 Å². The smallest absolute Gasteiger partial charge is 0.324 e. The summed E-state index contributed by atoms with van der Waals surface area (Å²) in [4.78, 5) is 40.5. The third-order valence-corrected chi connectivity index (χ3v) is 8.38. The monoisotopic (exact) mass is 602 g/mol. The number of hydrogen-bond donors (Lipinski definition) is 2. The number of thiazole rings is 1. The van der Waals surface area contributed by atoms with Gasteiger partial charge in [-0.15, -0.1) is 0 Å². The number of ether oxygens (including phenoxy) is 2. The summed E-state index contributed by atoms with van der Waals surface area (Å²) >= 11 is 1.49. The predicted molar refractivity (Wildman–Crippen MR) is 164 cm³/mol. The molecule has 0 aliphatic carbocycles. The first-order valence-electron chi connectivity index (χ1n) is 14.4. The summed E-state index contributed by atoms with van der Waals surface area (Å²) in [5.41, 5.74) is 2.14. The van der Waals surface area contributed by atoms with E-state index < -0.39 is 6.03 Å². The second kappa shape index (κ2) is 12.1. The molecule has 0 atom stereocenters. The Morgan fingerprint density at radius 2 is 1.79 bits per heavy atom. The molecule has 2 aliphatic heterocycles. The molecule has 0 radical (unpaired) electrons. The lowest BCUT2D eigenvalue weighted by Gasteiger charge is -2.24. The second-order valence-electron chi connectivity index (χ2n) is 11.6. The van der Waals surface area contributed by atoms with Gasteiger partial charge in [0.05, 0.1) is 34.7 Å². The summed E-state index contributed by atoms with van der Waals surface area (Å²) in [5.74, 6) is 1.33. The minimum Gasteiger partial charge on any atom is -0.424 e. The lowest BCUT2D eigenvalue weighted by molar-refractivity contribution is -0.117. The van der Waals surface area contributed by atoms with Crippen LogP contribution in [0.3, 0.4) is 0 Å². The van der Waals surface area contributed by atoms with Gasteiger partial charge in [-0.25, -0.2) is 24.4 Å². The van der Waals surface area contributed by atoms with Crippen molar-refractivity contribution in [2.75, 3.05) is 35.3 Å². The number of hydrogen-bond acceptors (Lipinski definition) is 9. The van der Waals surface area contributed by atoms with Crippen molar-refractivity contribution in [1.82, 2.24) is 24.7 Å². The first kappa shape index (κ1) is 28.7. The van der Waals surface area contributed by atoms with Crippen LogP contribution in [-0.2, 0) is 14.9 Å². The Morgan fingerprint density at radius 3 is 2.47 bits per heavy atom. The van der Waals surface area contributed by atoms with Crippen LogP contribution in [0.2, 0.25) is 0 Å². The zero-order valence-corrected chi connectivity index (χ0v) is 25.2. The highest BCUT2D eigenvalue weighted by Gasteiger charge is 2.26. The number of amides is 3. The Bertz CT molecular complexity index is 1590. The number of benzene rings is 1. The third kappa shape index (κ3) is 6.67. The van der Waals surface area contributed by atoms with Crippen molar-refractivity contribution < 1.29 is 19.1 Å². The largest absolute Gasteiger partial charge is 0.424 e. The SMILES string of the molecule is CC(C)(C)c1cc(NC(=O)Nc2cnc(Oc3ccc(-c4cnc(N5CCCC5=O)s4)cc3)nc2)n(C2CCOCC2)n1. The Hall–Kier alpha value is -4.36. The maximum Gasteiger partial charge on any atom is 0.324 e. The van der Waals surface area contributed by atoms with E-state index in [2.05, 4.69) is 46.4 Å². The molecule has 4 aromatic rings. The van der Waals surface area contributed by atoms with Gasteiger partial charge < -0.3 is 14.8 Å². The lowest BCUT2D eigenvalue weighted by atomic mass is 9.92. The summed E-state index contributed by atoms with van der Waals surface area (Å²) in [6, 6.07) is 9.33. The molecule has 2 aliphatic rings. The molecule has 6 rings (SSSR count). The summed E-state index contributed by atoms with van der Waals surface area (Å²) in [5, 5.41) is 11.3. The Balaban J connectivity index is 1.06. The molecule has 224 valence electrons. The van der Waals surface area contributed by atoms with Gasteiger partial charge in [0.15, 0.2) is 5.13 Å². The van der Waals surface area contributed by atoms with Gasteiger partial charge >= 0.3 is 12.0 Å². The summed E-state index contributed by atoms with van der Waals surface area (Å²) in [7, 11) is 0. The van der Waals surface area contributed by atoms with Crippen LogP contribution in [0.15, 0.2) is 48.9 Å². The maximum atomic E-state index is 12.9. The highest BCUT2D eigenvalue weighted by Crippen LogP contribution is 2.34. The van der Waals surface area contributed by atoms with E-state index in [0.717, 1.165) is 47.1 Å². The van der Waals surface area contributed by atoms with Crippen LogP contribution in [0.1, 0.15) is 58.2 Å². The van der Waals surface area contributed by atoms with Crippen molar-refractivity contribution in [1.29, 1.82) is 0 Å². The van der Waals surface area contributed by atoms with Gasteiger partial charge in [0.25, 0.3) is 0 Å². The lowest BCUT2D eigenvalue weighted by Crippen LogP contribution is -2.26. The van der Waals surface area contributed by atoms with E-state index in [-0.39, 0.29) is 23.4 Å². The number of rotatable bonds is 7. The van der Waals surface area contributed by atoms with Crippen LogP contribution in [-0.4, -0.2) is 56.4 Å². The third-order valence-electron chi connectivity index (χ3n) is 7.31. The fourth-order valence-corrected chi connectivity index (χ4v) is 5.91. The molecular formula is C30H34N8O4S. The van der Waals surface area contributed by atoms with Crippen molar-refractivity contribution in [2.45, 2.75) is 57.9 Å². The number of carbonyl (C=O) groups is 2. The van der Waals surface area contributed by atoms with Crippen LogP contribution < -0.4 is 20.3 Å². The van der Waals surface area contributed by atoms with Crippen molar-refractivity contribution in [2.24, 2.45) is 0 Å². The summed E-state index contributed by atoms with van der Waals surface area (Å²) < 4.78 is 13.2. The Labute approximate surface area is 253 Å². The summed E-state index contributed by atoms with van der Waals surface area (Å²) in [6.45, 7) is 8.35. The van der Waals surface area contributed by atoms with Crippen LogP contribution in [0.25, 0.3) is 10.4 Å². The van der Waals surface area contributed by atoms with Crippen LogP contribution in [0.4, 0.5) is 21.4 Å². The normalized spacial score (nSPS) is 16.0. The van der Waals surface area contributed by atoms with E-state index >= 15 is 0 Å². The number of carbonyl (C=O) groups excluding carboxylic acids is 2. The molecule has 2 fully saturated rings. The zero-order chi connectivity index (χ0) is 30.0. The molecule has 3 amide bonds. The number of nitrogens with zero attached hydrogens (tertiary/aromatic N) is 6. The first-order valence-corrected chi connectivity index (χ1v) is 15.2. The molecule has 12 nitrogen and oxygen atoms in total. The van der Waals surface area contributed by atoms with Gasteiger partial charge in [-0.2, -0.15) is 5.10 Å². The number of nitrogens with one attached hydrogen (secondary N) is 2. The minimum absolute atomic E-state index is 0.124. The van der Waals surface area contributed by atoms with Crippen molar-refractivity contribution in [3.63, 3.8) is 0 Å². The van der Waals surface area contributed by atoms with E-state index in [9.17, 15) is 9.59 Å². The van der Waals surface area contributed by atoms with E-state index in [1.54, 1.807) is 11.1 Å². The Morgan fingerprint density at radius 1 is 1.05 bits per heavy atom. The quantitative estimate of drug-likeness (QED) is 0.263. The molecule has 13 heteroatoms. The van der Waals surface area contributed by atoms with Crippen LogP contribution >= 0.6 is 11.3 Å². The summed E-state index contributed by atoms with van der Waals surface area (Å²) in [6.07, 6.45) is 7.90. The van der Waals surface area contributed by atoms with E-state index in [1.165, 1.54) is 23.7 Å².